The molecule has 0 aliphatic carbocycles. The molecule has 0 saturated heterocycles. The molecule has 7 aromatic rings. The largest absolute Gasteiger partial charge is 0.308 e. The summed E-state index contributed by atoms with van der Waals surface area (Å²) in [7, 11) is 0. The van der Waals surface area contributed by atoms with Crippen molar-refractivity contribution in [3.8, 4) is 36.7 Å². The van der Waals surface area contributed by atoms with Crippen LogP contribution in [0.15, 0.2) is 120 Å². The predicted octanol–water partition coefficient (Wildman–Crippen LogP) is 15.8. The standard InChI is InChI=1S/C53H43N3O2S6/c1-4-23-55-40-29-33(44-19-21-48(63-44)46-17-13-36(61-46)27-32(6-3)42-9-7-25-59-42)11-15-38(40)50(52(55)57)51-39-16-12-34(30-41(39)56(24-5-2)53(51)58)45-20-22-49(64-45)47-18-14-37(62-47)28-35(31-54)43-10-8-26-60-43/h7-12,14-22,25-30,36H,4-6,13,23-24H2,1-3H3/b32-27+,35-28+,51-50+. The third kappa shape index (κ3) is 7.95. The fourth-order valence-electron chi connectivity index (χ4n) is 8.68. The van der Waals surface area contributed by atoms with Gasteiger partial charge in [0.15, 0.2) is 0 Å². The van der Waals surface area contributed by atoms with E-state index in [9.17, 15) is 14.9 Å². The first-order valence-electron chi connectivity index (χ1n) is 21.6. The summed E-state index contributed by atoms with van der Waals surface area (Å²) in [5.74, 6) is -0.223. The lowest BCUT2D eigenvalue weighted by Crippen LogP contribution is -2.29. The van der Waals surface area contributed by atoms with Crippen molar-refractivity contribution >= 4 is 125 Å². The lowest BCUT2D eigenvalue weighted by atomic mass is 9.95. The van der Waals surface area contributed by atoms with Crippen LogP contribution in [-0.4, -0.2) is 30.2 Å². The third-order valence-corrected chi connectivity index (χ3v) is 18.5. The van der Waals surface area contributed by atoms with E-state index in [-0.39, 0.29) is 11.8 Å². The van der Waals surface area contributed by atoms with Crippen molar-refractivity contribution in [2.24, 2.45) is 0 Å². The zero-order valence-electron chi connectivity index (χ0n) is 35.6. The highest BCUT2D eigenvalue weighted by atomic mass is 32.2. The minimum Gasteiger partial charge on any atom is -0.308 e. The zero-order chi connectivity index (χ0) is 43.9. The maximum atomic E-state index is 14.6. The molecule has 0 N–H and O–H groups in total. The molecule has 10 rings (SSSR count). The van der Waals surface area contributed by atoms with Crippen LogP contribution >= 0.6 is 68.4 Å². The summed E-state index contributed by atoms with van der Waals surface area (Å²) in [4.78, 5) is 43.5. The fourth-order valence-corrected chi connectivity index (χ4v) is 14.6. The van der Waals surface area contributed by atoms with E-state index in [2.05, 4.69) is 123 Å². The molecule has 0 saturated carbocycles. The van der Waals surface area contributed by atoms with Crippen molar-refractivity contribution < 1.29 is 9.59 Å². The van der Waals surface area contributed by atoms with Gasteiger partial charge in [0, 0.05) is 73.4 Å². The molecular formula is C53H43N3O2S6. The van der Waals surface area contributed by atoms with E-state index >= 15 is 0 Å². The number of amides is 2. The second-order valence-corrected chi connectivity index (χ2v) is 22.2. The van der Waals surface area contributed by atoms with Gasteiger partial charge in [-0.05, 0) is 120 Å². The molecule has 2 amide bonds. The van der Waals surface area contributed by atoms with Crippen molar-refractivity contribution in [3.05, 3.63) is 151 Å². The first kappa shape index (κ1) is 42.6. The molecule has 11 heteroatoms. The van der Waals surface area contributed by atoms with Crippen molar-refractivity contribution in [1.82, 2.24) is 0 Å². The number of benzene rings is 2. The van der Waals surface area contributed by atoms with Crippen LogP contribution < -0.4 is 9.80 Å². The summed E-state index contributed by atoms with van der Waals surface area (Å²) in [6.07, 6.45) is 10.4. The minimum absolute atomic E-state index is 0.108. The van der Waals surface area contributed by atoms with Gasteiger partial charge in [-0.2, -0.15) is 5.26 Å². The van der Waals surface area contributed by atoms with Gasteiger partial charge in [-0.15, -0.1) is 68.4 Å². The SMILES string of the molecule is CCCN1C(=O)/C(=C2/C(=O)N(CCC)c3cc(-c4ccc(-c5ccc(/C=C(\C#N)c6cccs6)s5)s4)ccc32)c2ccc(-c3ccc(C4=CCC(/C=C(\CC)c5cccs5)S4)s3)cc21. The number of anilines is 2. The van der Waals surface area contributed by atoms with E-state index in [4.69, 9.17) is 0 Å². The monoisotopic (exact) mass is 945 g/mol. The van der Waals surface area contributed by atoms with Crippen LogP contribution in [0.5, 0.6) is 0 Å². The van der Waals surface area contributed by atoms with Crippen molar-refractivity contribution in [3.63, 3.8) is 0 Å². The van der Waals surface area contributed by atoms with E-state index in [0.29, 0.717) is 35.1 Å². The van der Waals surface area contributed by atoms with Crippen LogP contribution in [0.3, 0.4) is 0 Å². The van der Waals surface area contributed by atoms with Crippen LogP contribution in [0.2, 0.25) is 0 Å². The lowest BCUT2D eigenvalue weighted by molar-refractivity contribution is -0.114. The molecular weight excluding hydrogens is 903 g/mol. The highest BCUT2D eigenvalue weighted by Gasteiger charge is 2.42. The number of hydrogen-bond donors (Lipinski definition) is 0. The van der Waals surface area contributed by atoms with Crippen molar-refractivity contribution in [1.29, 1.82) is 5.26 Å². The normalized spacial score (nSPS) is 17.4. The Morgan fingerprint density at radius 3 is 1.83 bits per heavy atom. The molecule has 0 spiro atoms. The number of allylic oxidation sites excluding steroid dienone is 3. The summed E-state index contributed by atoms with van der Waals surface area (Å²) < 4.78 is 0. The van der Waals surface area contributed by atoms with Crippen LogP contribution in [0.1, 0.15) is 77.1 Å². The molecule has 0 radical (unpaired) electrons. The smallest absolute Gasteiger partial charge is 0.259 e. The minimum atomic E-state index is -0.115. The predicted molar refractivity (Wildman–Crippen MR) is 279 cm³/mol. The highest BCUT2D eigenvalue weighted by molar-refractivity contribution is 8.09. The molecule has 3 aliphatic rings. The number of rotatable bonds is 13. The van der Waals surface area contributed by atoms with Gasteiger partial charge < -0.3 is 9.80 Å². The maximum absolute atomic E-state index is 14.6. The van der Waals surface area contributed by atoms with Gasteiger partial charge in [-0.1, -0.05) is 69.3 Å². The molecule has 5 aromatic heterocycles. The van der Waals surface area contributed by atoms with Crippen LogP contribution in [0, 0.1) is 11.3 Å². The number of nitrogens with zero attached hydrogens (tertiary/aromatic N) is 3. The van der Waals surface area contributed by atoms with E-state index < -0.39 is 0 Å². The van der Waals surface area contributed by atoms with Gasteiger partial charge in [0.25, 0.3) is 11.8 Å². The number of hydrogen-bond acceptors (Lipinski definition) is 9. The molecule has 0 bridgehead atoms. The van der Waals surface area contributed by atoms with Gasteiger partial charge in [0.2, 0.25) is 0 Å². The van der Waals surface area contributed by atoms with Gasteiger partial charge >= 0.3 is 0 Å². The summed E-state index contributed by atoms with van der Waals surface area (Å²) in [6.45, 7) is 7.54. The summed E-state index contributed by atoms with van der Waals surface area (Å²) in [5, 5.41) is 14.4. The van der Waals surface area contributed by atoms with Gasteiger partial charge in [0.05, 0.1) is 28.1 Å². The topological polar surface area (TPSA) is 64.4 Å². The third-order valence-electron chi connectivity index (χ3n) is 11.7. The maximum Gasteiger partial charge on any atom is 0.259 e. The Balaban J connectivity index is 0.941. The van der Waals surface area contributed by atoms with Gasteiger partial charge in [-0.25, -0.2) is 0 Å². The first-order chi connectivity index (χ1) is 31.3. The number of carbonyl (C=O) groups is 2. The Labute approximate surface area is 398 Å². The average molecular weight is 946 g/mol. The van der Waals surface area contributed by atoms with Gasteiger partial charge in [-0.3, -0.25) is 9.59 Å². The Bertz CT molecular complexity index is 3090. The Hall–Kier alpha value is -5.32. The van der Waals surface area contributed by atoms with E-state index in [1.54, 1.807) is 45.3 Å². The molecule has 8 heterocycles. The van der Waals surface area contributed by atoms with E-state index in [0.717, 1.165) is 88.6 Å². The second-order valence-electron chi connectivity index (χ2n) is 15.8. The number of nitriles is 1. The van der Waals surface area contributed by atoms with Crippen molar-refractivity contribution in [2.75, 3.05) is 22.9 Å². The Morgan fingerprint density at radius 1 is 0.688 bits per heavy atom. The molecule has 5 nitrogen and oxygen atoms in total. The van der Waals surface area contributed by atoms with Crippen molar-refractivity contribution in [2.45, 2.75) is 51.7 Å². The van der Waals surface area contributed by atoms with E-state index in [1.807, 2.05) is 62.6 Å². The first-order valence-corrected chi connectivity index (χ1v) is 26.7. The van der Waals surface area contributed by atoms with E-state index in [1.165, 1.54) is 20.2 Å². The molecule has 3 aliphatic heterocycles. The molecule has 1 atom stereocenters. The highest BCUT2D eigenvalue weighted by Crippen LogP contribution is 2.51. The second kappa shape index (κ2) is 18.3. The Kier molecular flexibility index (Phi) is 12.2. The zero-order valence-corrected chi connectivity index (χ0v) is 40.5. The quantitative estimate of drug-likeness (QED) is 0.0853. The van der Waals surface area contributed by atoms with Crippen LogP contribution in [0.4, 0.5) is 11.4 Å². The van der Waals surface area contributed by atoms with Crippen LogP contribution in [0.25, 0.3) is 63.9 Å². The average Bonchev–Trinajstić information content (AvgIpc) is 4.17. The summed E-state index contributed by atoms with van der Waals surface area (Å²) >= 11 is 10.5. The molecule has 2 aromatic carbocycles. The molecule has 318 valence electrons. The number of fused-ring (bicyclic) bond motifs is 2. The number of thiophene rings is 5. The molecule has 0 fully saturated rings. The van der Waals surface area contributed by atoms with Gasteiger partial charge in [0.1, 0.15) is 6.07 Å². The summed E-state index contributed by atoms with van der Waals surface area (Å²) in [6, 6.07) is 36.2. The number of carbonyl (C=O) groups excluding carboxylic acids is 2. The summed E-state index contributed by atoms with van der Waals surface area (Å²) in [5.41, 5.74) is 8.55. The van der Waals surface area contributed by atoms with Crippen LogP contribution in [-0.2, 0) is 9.59 Å². The fraction of sp³-hybridized carbons (Fsp3) is 0.189. The lowest BCUT2D eigenvalue weighted by Gasteiger charge is -2.17. The molecule has 64 heavy (non-hydrogen) atoms. The Morgan fingerprint density at radius 2 is 1.25 bits per heavy atom. The molecule has 1 unspecified atom stereocenters. The number of thioether (sulfide) groups is 1.